The van der Waals surface area contributed by atoms with Crippen LogP contribution in [0.15, 0.2) is 59.2 Å². The van der Waals surface area contributed by atoms with Gasteiger partial charge >= 0.3 is 0 Å². The smallest absolute Gasteiger partial charge is 0.261 e. The van der Waals surface area contributed by atoms with Gasteiger partial charge in [-0.2, -0.15) is 5.10 Å². The van der Waals surface area contributed by atoms with E-state index >= 15 is 0 Å². The standard InChI is InChI=1S/C20H19N3O2S/c1-13-10-14(2)23(22-13)16(17-7-5-9-25-17)12-21-20(24)19-11-15-6-3-4-8-18(15)26-19/h3-11,16H,12H2,1-2H3,(H,21,24)/t16-/m1/s1. The van der Waals surface area contributed by atoms with Gasteiger partial charge in [0.2, 0.25) is 0 Å². The van der Waals surface area contributed by atoms with E-state index in [9.17, 15) is 4.79 Å². The first-order valence-corrected chi connectivity index (χ1v) is 9.26. The molecule has 0 radical (unpaired) electrons. The zero-order valence-corrected chi connectivity index (χ0v) is 15.4. The zero-order valence-electron chi connectivity index (χ0n) is 14.6. The summed E-state index contributed by atoms with van der Waals surface area (Å²) in [7, 11) is 0. The average molecular weight is 365 g/mol. The molecule has 1 amide bonds. The van der Waals surface area contributed by atoms with Gasteiger partial charge in [0, 0.05) is 16.9 Å². The van der Waals surface area contributed by atoms with Gasteiger partial charge in [0.1, 0.15) is 11.8 Å². The van der Waals surface area contributed by atoms with E-state index in [0.717, 1.165) is 27.2 Å². The molecule has 0 fully saturated rings. The maximum absolute atomic E-state index is 12.6. The maximum atomic E-state index is 12.6. The van der Waals surface area contributed by atoms with Crippen molar-refractivity contribution in [3.63, 3.8) is 0 Å². The summed E-state index contributed by atoms with van der Waals surface area (Å²) in [6.45, 7) is 4.37. The Balaban J connectivity index is 1.56. The first kappa shape index (κ1) is 16.6. The van der Waals surface area contributed by atoms with E-state index < -0.39 is 0 Å². The monoisotopic (exact) mass is 365 g/mol. The third-order valence-corrected chi connectivity index (χ3v) is 5.43. The highest BCUT2D eigenvalue weighted by Crippen LogP contribution is 2.25. The van der Waals surface area contributed by atoms with Crippen LogP contribution in [0.4, 0.5) is 0 Å². The lowest BCUT2D eigenvalue weighted by molar-refractivity contribution is 0.0952. The van der Waals surface area contributed by atoms with E-state index in [1.165, 1.54) is 11.3 Å². The van der Waals surface area contributed by atoms with Crippen LogP contribution >= 0.6 is 11.3 Å². The van der Waals surface area contributed by atoms with Crippen LogP contribution in [0.25, 0.3) is 10.1 Å². The highest BCUT2D eigenvalue weighted by Gasteiger charge is 2.21. The van der Waals surface area contributed by atoms with E-state index in [1.807, 2.05) is 67.1 Å². The van der Waals surface area contributed by atoms with Crippen molar-refractivity contribution in [1.82, 2.24) is 15.1 Å². The van der Waals surface area contributed by atoms with Gasteiger partial charge in [-0.3, -0.25) is 9.48 Å². The van der Waals surface area contributed by atoms with Crippen molar-refractivity contribution in [2.75, 3.05) is 6.54 Å². The number of hydrogen-bond donors (Lipinski definition) is 1. The van der Waals surface area contributed by atoms with Crippen molar-refractivity contribution in [3.8, 4) is 0 Å². The quantitative estimate of drug-likeness (QED) is 0.573. The predicted molar refractivity (Wildman–Crippen MR) is 103 cm³/mol. The zero-order chi connectivity index (χ0) is 18.1. The number of carbonyl (C=O) groups excluding carboxylic acids is 1. The topological polar surface area (TPSA) is 60.1 Å². The van der Waals surface area contributed by atoms with Crippen LogP contribution in [0.2, 0.25) is 0 Å². The molecule has 0 aliphatic rings. The van der Waals surface area contributed by atoms with Gasteiger partial charge in [-0.1, -0.05) is 18.2 Å². The molecular formula is C20H19N3O2S. The molecule has 26 heavy (non-hydrogen) atoms. The summed E-state index contributed by atoms with van der Waals surface area (Å²) in [5.74, 6) is 0.692. The molecule has 6 heteroatoms. The molecule has 3 heterocycles. The number of aromatic nitrogens is 2. The third-order valence-electron chi connectivity index (χ3n) is 4.32. The number of nitrogens with one attached hydrogen (secondary N) is 1. The van der Waals surface area contributed by atoms with Crippen molar-refractivity contribution in [1.29, 1.82) is 0 Å². The number of rotatable bonds is 5. The second kappa shape index (κ2) is 6.80. The Morgan fingerprint density at radius 2 is 2.08 bits per heavy atom. The lowest BCUT2D eigenvalue weighted by Gasteiger charge is -2.17. The van der Waals surface area contributed by atoms with E-state index in [1.54, 1.807) is 6.26 Å². The molecule has 0 bridgehead atoms. The van der Waals surface area contributed by atoms with Gasteiger partial charge in [0.05, 0.1) is 16.8 Å². The Labute approximate surface area is 155 Å². The molecule has 1 N–H and O–H groups in total. The van der Waals surface area contributed by atoms with Gasteiger partial charge in [0.25, 0.3) is 5.91 Å². The van der Waals surface area contributed by atoms with Crippen LogP contribution in [0.5, 0.6) is 0 Å². The summed E-state index contributed by atoms with van der Waals surface area (Å²) in [4.78, 5) is 13.4. The molecule has 0 saturated heterocycles. The van der Waals surface area contributed by atoms with Crippen molar-refractivity contribution < 1.29 is 9.21 Å². The molecular weight excluding hydrogens is 346 g/mol. The number of benzene rings is 1. The fourth-order valence-electron chi connectivity index (χ4n) is 3.12. The Morgan fingerprint density at radius 1 is 1.23 bits per heavy atom. The van der Waals surface area contributed by atoms with Gasteiger partial charge in [0.15, 0.2) is 0 Å². The minimum Gasteiger partial charge on any atom is -0.467 e. The van der Waals surface area contributed by atoms with Gasteiger partial charge in [-0.05, 0) is 49.6 Å². The number of aryl methyl sites for hydroxylation is 2. The minimum atomic E-state index is -0.183. The van der Waals surface area contributed by atoms with Gasteiger partial charge in [-0.15, -0.1) is 11.3 Å². The molecule has 132 valence electrons. The Bertz CT molecular complexity index is 1010. The van der Waals surface area contributed by atoms with Crippen LogP contribution in [0, 0.1) is 13.8 Å². The molecule has 5 nitrogen and oxygen atoms in total. The number of amides is 1. The number of nitrogens with zero attached hydrogens (tertiary/aromatic N) is 2. The largest absolute Gasteiger partial charge is 0.467 e. The summed E-state index contributed by atoms with van der Waals surface area (Å²) in [5, 5.41) is 8.68. The highest BCUT2D eigenvalue weighted by atomic mass is 32.1. The fraction of sp³-hybridized carbons (Fsp3) is 0.200. The summed E-state index contributed by atoms with van der Waals surface area (Å²) >= 11 is 1.50. The first-order valence-electron chi connectivity index (χ1n) is 8.45. The molecule has 3 aromatic heterocycles. The number of carbonyl (C=O) groups is 1. The number of thiophene rings is 1. The van der Waals surface area contributed by atoms with Crippen LogP contribution in [-0.4, -0.2) is 22.2 Å². The molecule has 1 atom stereocenters. The summed E-state index contributed by atoms with van der Waals surface area (Å²) in [6.07, 6.45) is 1.64. The van der Waals surface area contributed by atoms with Gasteiger partial charge < -0.3 is 9.73 Å². The van der Waals surface area contributed by atoms with Crippen LogP contribution in [0.1, 0.15) is 32.9 Å². The van der Waals surface area contributed by atoms with Crippen LogP contribution in [-0.2, 0) is 0 Å². The molecule has 0 aliphatic carbocycles. The normalized spacial score (nSPS) is 12.4. The summed E-state index contributed by atoms with van der Waals surface area (Å²) in [5.41, 5.74) is 1.97. The SMILES string of the molecule is Cc1cc(C)n([C@H](CNC(=O)c2cc3ccccc3s2)c2ccco2)n1. The van der Waals surface area contributed by atoms with Crippen LogP contribution < -0.4 is 5.32 Å². The molecule has 1 aromatic carbocycles. The van der Waals surface area contributed by atoms with Crippen molar-refractivity contribution >= 4 is 27.3 Å². The Hall–Kier alpha value is -2.86. The fourth-order valence-corrected chi connectivity index (χ4v) is 4.10. The van der Waals surface area contributed by atoms with E-state index in [2.05, 4.69) is 10.4 Å². The lowest BCUT2D eigenvalue weighted by Crippen LogP contribution is -2.31. The molecule has 0 aliphatic heterocycles. The lowest BCUT2D eigenvalue weighted by atomic mass is 10.2. The molecule has 4 aromatic rings. The second-order valence-electron chi connectivity index (χ2n) is 6.26. The van der Waals surface area contributed by atoms with E-state index in [4.69, 9.17) is 4.42 Å². The van der Waals surface area contributed by atoms with E-state index in [0.29, 0.717) is 11.4 Å². The molecule has 0 unspecified atom stereocenters. The van der Waals surface area contributed by atoms with Crippen molar-refractivity contribution in [3.05, 3.63) is 76.8 Å². The number of hydrogen-bond acceptors (Lipinski definition) is 4. The highest BCUT2D eigenvalue weighted by molar-refractivity contribution is 7.20. The molecule has 4 rings (SSSR count). The summed E-state index contributed by atoms with van der Waals surface area (Å²) in [6, 6.07) is 15.5. The maximum Gasteiger partial charge on any atom is 0.261 e. The second-order valence-corrected chi connectivity index (χ2v) is 7.35. The summed E-state index contributed by atoms with van der Waals surface area (Å²) < 4.78 is 8.60. The molecule has 0 saturated carbocycles. The first-order chi connectivity index (χ1) is 12.6. The predicted octanol–water partition coefficient (Wildman–Crippen LogP) is 4.33. The van der Waals surface area contributed by atoms with E-state index in [-0.39, 0.29) is 11.9 Å². The minimum absolute atomic E-state index is 0.0794. The van der Waals surface area contributed by atoms with Crippen molar-refractivity contribution in [2.45, 2.75) is 19.9 Å². The van der Waals surface area contributed by atoms with Crippen LogP contribution in [0.3, 0.4) is 0 Å². The number of fused-ring (bicyclic) bond motifs is 1. The average Bonchev–Trinajstić information content (AvgIpc) is 3.35. The molecule has 0 spiro atoms. The number of furan rings is 1. The Kier molecular flexibility index (Phi) is 4.34. The van der Waals surface area contributed by atoms with Crippen molar-refractivity contribution in [2.24, 2.45) is 0 Å². The third kappa shape index (κ3) is 3.15. The Morgan fingerprint density at radius 3 is 2.77 bits per heavy atom. The van der Waals surface area contributed by atoms with Gasteiger partial charge in [-0.25, -0.2) is 0 Å².